The molecule has 0 spiro atoms. The predicted molar refractivity (Wildman–Crippen MR) is 112 cm³/mol. The first-order chi connectivity index (χ1) is 14.4. The van der Waals surface area contributed by atoms with Crippen LogP contribution in [-0.2, 0) is 26.1 Å². The Morgan fingerprint density at radius 2 is 1.70 bits per heavy atom. The molecular weight excluding hydrogens is 406 g/mol. The van der Waals surface area contributed by atoms with Gasteiger partial charge in [-0.1, -0.05) is 18.2 Å². The minimum Gasteiger partial charge on any atom is -0.494 e. The molecule has 0 unspecified atom stereocenters. The Morgan fingerprint density at radius 3 is 2.37 bits per heavy atom. The molecule has 1 aromatic heterocycles. The number of ether oxygens (including phenoxy) is 2. The van der Waals surface area contributed by atoms with Gasteiger partial charge in [-0.2, -0.15) is 5.10 Å². The van der Waals surface area contributed by atoms with Crippen molar-refractivity contribution >= 4 is 21.6 Å². The first kappa shape index (κ1) is 20.0. The Kier molecular flexibility index (Phi) is 5.45. The second kappa shape index (κ2) is 8.19. The molecular formula is C21H21N3O5S. The van der Waals surface area contributed by atoms with Crippen molar-refractivity contribution < 1.29 is 22.7 Å². The maximum atomic E-state index is 12.5. The van der Waals surface area contributed by atoms with Crippen molar-refractivity contribution in [3.8, 4) is 17.2 Å². The van der Waals surface area contributed by atoms with E-state index in [9.17, 15) is 13.2 Å². The van der Waals surface area contributed by atoms with Gasteiger partial charge in [-0.15, -0.1) is 0 Å². The third-order valence-electron chi connectivity index (χ3n) is 4.55. The average Bonchev–Trinajstić information content (AvgIpc) is 3.21. The lowest BCUT2D eigenvalue weighted by molar-refractivity contribution is -0.118. The van der Waals surface area contributed by atoms with E-state index >= 15 is 0 Å². The van der Waals surface area contributed by atoms with Gasteiger partial charge >= 0.3 is 0 Å². The van der Waals surface area contributed by atoms with Gasteiger partial charge in [0.25, 0.3) is 5.91 Å². The van der Waals surface area contributed by atoms with Gasteiger partial charge in [0.1, 0.15) is 17.3 Å². The van der Waals surface area contributed by atoms with Crippen LogP contribution in [0.1, 0.15) is 18.2 Å². The van der Waals surface area contributed by atoms with Crippen molar-refractivity contribution in [3.63, 3.8) is 0 Å². The van der Waals surface area contributed by atoms with Crippen molar-refractivity contribution in [2.45, 2.75) is 18.4 Å². The zero-order valence-corrected chi connectivity index (χ0v) is 17.2. The van der Waals surface area contributed by atoms with Crippen LogP contribution in [0.3, 0.4) is 0 Å². The molecule has 0 fully saturated rings. The van der Waals surface area contributed by atoms with Gasteiger partial charge in [-0.3, -0.25) is 4.79 Å². The van der Waals surface area contributed by atoms with Crippen molar-refractivity contribution in [2.24, 2.45) is 0 Å². The topological polar surface area (TPSA) is 99.5 Å². The van der Waals surface area contributed by atoms with Crippen LogP contribution in [0.4, 0.5) is 5.82 Å². The van der Waals surface area contributed by atoms with E-state index in [1.54, 1.807) is 28.9 Å². The molecule has 2 aromatic carbocycles. The summed E-state index contributed by atoms with van der Waals surface area (Å²) in [4.78, 5) is 12.5. The van der Waals surface area contributed by atoms with Gasteiger partial charge in [0, 0.05) is 5.56 Å². The molecule has 156 valence electrons. The number of aromatic nitrogens is 2. The molecule has 1 N–H and O–H groups in total. The fourth-order valence-electron chi connectivity index (χ4n) is 3.24. The van der Waals surface area contributed by atoms with Crippen LogP contribution in [0, 0.1) is 0 Å². The predicted octanol–water partition coefficient (Wildman–Crippen LogP) is 2.72. The Balaban J connectivity index is 1.51. The number of nitrogens with zero attached hydrogens (tertiary/aromatic N) is 2. The van der Waals surface area contributed by atoms with Crippen molar-refractivity contribution in [3.05, 3.63) is 65.9 Å². The number of benzene rings is 2. The Bertz CT molecular complexity index is 1160. The third kappa shape index (κ3) is 4.30. The highest BCUT2D eigenvalue weighted by Gasteiger charge is 2.33. The molecule has 1 amide bonds. The quantitative estimate of drug-likeness (QED) is 0.622. The Hall–Kier alpha value is -3.33. The number of rotatable bonds is 7. The fourth-order valence-corrected chi connectivity index (χ4v) is 4.74. The van der Waals surface area contributed by atoms with Gasteiger partial charge in [-0.05, 0) is 43.3 Å². The van der Waals surface area contributed by atoms with E-state index < -0.39 is 15.7 Å². The number of amides is 1. The minimum atomic E-state index is -3.25. The van der Waals surface area contributed by atoms with E-state index in [1.807, 2.05) is 37.3 Å². The largest absolute Gasteiger partial charge is 0.494 e. The molecule has 3 aromatic rings. The van der Waals surface area contributed by atoms with E-state index in [2.05, 4.69) is 10.4 Å². The van der Waals surface area contributed by atoms with Gasteiger partial charge in [-0.25, -0.2) is 13.1 Å². The van der Waals surface area contributed by atoms with Gasteiger partial charge in [0.2, 0.25) is 0 Å². The van der Waals surface area contributed by atoms with Crippen molar-refractivity contribution in [1.29, 1.82) is 0 Å². The molecule has 0 saturated carbocycles. The van der Waals surface area contributed by atoms with Crippen molar-refractivity contribution in [1.82, 2.24) is 9.78 Å². The normalized spacial score (nSPS) is 14.2. The van der Waals surface area contributed by atoms with E-state index in [0.29, 0.717) is 29.4 Å². The fraction of sp³-hybridized carbons (Fsp3) is 0.238. The number of hydrogen-bond donors (Lipinski definition) is 1. The summed E-state index contributed by atoms with van der Waals surface area (Å²) in [7, 11) is -3.25. The van der Waals surface area contributed by atoms with Crippen LogP contribution < -0.4 is 14.8 Å². The standard InChI is InChI=1S/C21H21N3O5S/c1-2-28-16-8-10-17(11-9-16)29-12-20(25)22-21-18-13-30(26,27)14-19(18)23-24(21)15-6-4-3-5-7-15/h3-11H,2,12-14H2,1H3,(H,22,25). The van der Waals surface area contributed by atoms with Crippen LogP contribution in [0.15, 0.2) is 54.6 Å². The number of sulfone groups is 1. The molecule has 0 aliphatic carbocycles. The van der Waals surface area contributed by atoms with Gasteiger partial charge in [0.05, 0.1) is 29.5 Å². The van der Waals surface area contributed by atoms with Crippen LogP contribution in [-0.4, -0.2) is 37.3 Å². The first-order valence-electron chi connectivity index (χ1n) is 9.47. The van der Waals surface area contributed by atoms with Crippen LogP contribution in [0.5, 0.6) is 11.5 Å². The number of para-hydroxylation sites is 1. The highest BCUT2D eigenvalue weighted by Crippen LogP contribution is 2.32. The van der Waals surface area contributed by atoms with Gasteiger partial charge < -0.3 is 14.8 Å². The minimum absolute atomic E-state index is 0.131. The molecule has 8 nitrogen and oxygen atoms in total. The lowest BCUT2D eigenvalue weighted by Crippen LogP contribution is -2.22. The van der Waals surface area contributed by atoms with Crippen LogP contribution in [0.2, 0.25) is 0 Å². The summed E-state index contributed by atoms with van der Waals surface area (Å²) in [5, 5.41) is 7.20. The second-order valence-electron chi connectivity index (χ2n) is 6.79. The summed E-state index contributed by atoms with van der Waals surface area (Å²) in [5.74, 6) is 0.916. The SMILES string of the molecule is CCOc1ccc(OCC(=O)Nc2c3c(nn2-c2ccccc2)CS(=O)(=O)C3)cc1. The number of hydrogen-bond acceptors (Lipinski definition) is 6. The number of anilines is 1. The molecule has 4 rings (SSSR count). The van der Waals surface area contributed by atoms with Crippen LogP contribution >= 0.6 is 0 Å². The van der Waals surface area contributed by atoms with E-state index in [4.69, 9.17) is 9.47 Å². The molecule has 30 heavy (non-hydrogen) atoms. The first-order valence-corrected chi connectivity index (χ1v) is 11.3. The molecule has 0 saturated heterocycles. The highest BCUT2D eigenvalue weighted by molar-refractivity contribution is 7.90. The number of carbonyl (C=O) groups is 1. The molecule has 1 aliphatic rings. The highest BCUT2D eigenvalue weighted by atomic mass is 32.2. The Morgan fingerprint density at radius 1 is 1.03 bits per heavy atom. The maximum absolute atomic E-state index is 12.5. The molecule has 2 heterocycles. The summed E-state index contributed by atoms with van der Waals surface area (Å²) in [6.45, 7) is 2.24. The summed E-state index contributed by atoms with van der Waals surface area (Å²) >= 11 is 0. The summed E-state index contributed by atoms with van der Waals surface area (Å²) in [5.41, 5.74) is 1.71. The summed E-state index contributed by atoms with van der Waals surface area (Å²) in [6.07, 6.45) is 0. The van der Waals surface area contributed by atoms with Crippen LogP contribution in [0.25, 0.3) is 5.69 Å². The summed E-state index contributed by atoms with van der Waals surface area (Å²) < 4.78 is 36.5. The summed E-state index contributed by atoms with van der Waals surface area (Å²) in [6, 6.07) is 16.2. The number of carbonyl (C=O) groups excluding carboxylic acids is 1. The molecule has 9 heteroatoms. The van der Waals surface area contributed by atoms with Crippen molar-refractivity contribution in [2.75, 3.05) is 18.5 Å². The molecule has 0 atom stereocenters. The maximum Gasteiger partial charge on any atom is 0.263 e. The number of fused-ring (bicyclic) bond motifs is 1. The monoisotopic (exact) mass is 427 g/mol. The average molecular weight is 427 g/mol. The zero-order chi connectivity index (χ0) is 21.1. The molecule has 0 radical (unpaired) electrons. The molecule has 0 bridgehead atoms. The number of nitrogens with one attached hydrogen (secondary N) is 1. The smallest absolute Gasteiger partial charge is 0.263 e. The lowest BCUT2D eigenvalue weighted by Gasteiger charge is -2.12. The zero-order valence-electron chi connectivity index (χ0n) is 16.4. The molecule has 1 aliphatic heterocycles. The Labute approximate surface area is 174 Å². The second-order valence-corrected chi connectivity index (χ2v) is 8.86. The van der Waals surface area contributed by atoms with E-state index in [-0.39, 0.29) is 18.1 Å². The lowest BCUT2D eigenvalue weighted by atomic mass is 10.2. The van der Waals surface area contributed by atoms with E-state index in [1.165, 1.54) is 0 Å². The van der Waals surface area contributed by atoms with Gasteiger partial charge in [0.15, 0.2) is 16.4 Å². The van der Waals surface area contributed by atoms with E-state index in [0.717, 1.165) is 11.4 Å². The third-order valence-corrected chi connectivity index (χ3v) is 5.99.